The lowest BCUT2D eigenvalue weighted by atomic mass is 10.3. The Morgan fingerprint density at radius 1 is 0.875 bits per heavy atom. The quantitative estimate of drug-likeness (QED) is 0.163. The molecule has 0 saturated carbocycles. The van der Waals surface area contributed by atoms with Crippen LogP contribution in [0.1, 0.15) is 0 Å². The molecule has 0 aliphatic carbocycles. The van der Waals surface area contributed by atoms with Crippen molar-refractivity contribution < 1.29 is 22.0 Å². The summed E-state index contributed by atoms with van der Waals surface area (Å²) >= 11 is 3.61. The van der Waals surface area contributed by atoms with Gasteiger partial charge in [-0.1, -0.05) is 12.6 Å². The van der Waals surface area contributed by atoms with E-state index in [0.29, 0.717) is 0 Å². The molecular formula is C8H2F5NS2. The van der Waals surface area contributed by atoms with E-state index in [1.54, 1.807) is 0 Å². The topological polar surface area (TPSA) is 12.0 Å². The van der Waals surface area contributed by atoms with Gasteiger partial charge >= 0.3 is 0 Å². The van der Waals surface area contributed by atoms with E-state index < -0.39 is 34.0 Å². The fourth-order valence-electron chi connectivity index (χ4n) is 0.774. The maximum absolute atomic E-state index is 13.0. The van der Waals surface area contributed by atoms with Crippen molar-refractivity contribution >= 4 is 24.6 Å². The van der Waals surface area contributed by atoms with Crippen LogP contribution < -0.4 is 4.72 Å². The average Bonchev–Trinajstić information content (AvgIpc) is 2.28. The van der Waals surface area contributed by atoms with E-state index in [9.17, 15) is 22.0 Å². The van der Waals surface area contributed by atoms with Crippen molar-refractivity contribution in [3.05, 3.63) is 29.1 Å². The molecule has 0 radical (unpaired) electrons. The minimum Gasteiger partial charge on any atom is -0.284 e. The zero-order chi connectivity index (χ0) is 12.3. The Hall–Kier alpha value is -1.07. The summed E-state index contributed by atoms with van der Waals surface area (Å²) in [5.74, 6) is -10.0. The van der Waals surface area contributed by atoms with Crippen LogP contribution in [0.2, 0.25) is 0 Å². The second kappa shape index (κ2) is 5.32. The Balaban J connectivity index is 3.21. The van der Waals surface area contributed by atoms with E-state index in [-0.39, 0.29) is 11.9 Å². The second-order valence-electron chi connectivity index (χ2n) is 2.34. The Kier molecular flexibility index (Phi) is 4.32. The van der Waals surface area contributed by atoms with Crippen molar-refractivity contribution in [1.29, 1.82) is 0 Å². The van der Waals surface area contributed by atoms with E-state index in [2.05, 4.69) is 23.4 Å². The highest BCUT2D eigenvalue weighted by Gasteiger charge is 2.25. The fourth-order valence-corrected chi connectivity index (χ4v) is 1.47. The van der Waals surface area contributed by atoms with Crippen LogP contribution in [-0.2, 0) is 0 Å². The summed E-state index contributed by atoms with van der Waals surface area (Å²) in [7, 11) is 0. The standard InChI is InChI=1S/C8H2F5NS2/c9-3-4(10)6(12)8(7(13)5(3)11)16-14-1-2-15/h14-15H. The summed E-state index contributed by atoms with van der Waals surface area (Å²) in [5, 5.41) is 2.02. The van der Waals surface area contributed by atoms with Gasteiger partial charge in [-0.05, 0) is 17.2 Å². The van der Waals surface area contributed by atoms with Crippen LogP contribution in [0.4, 0.5) is 22.0 Å². The number of halogens is 5. The molecule has 1 N–H and O–H groups in total. The van der Waals surface area contributed by atoms with Crippen molar-refractivity contribution in [2.45, 2.75) is 4.90 Å². The van der Waals surface area contributed by atoms with Crippen molar-refractivity contribution in [2.24, 2.45) is 0 Å². The normalized spacial score (nSPS) is 9.62. The predicted molar refractivity (Wildman–Crippen MR) is 52.0 cm³/mol. The monoisotopic (exact) mass is 271 g/mol. The molecule has 1 rings (SSSR count). The molecule has 0 fully saturated rings. The van der Waals surface area contributed by atoms with E-state index in [4.69, 9.17) is 0 Å². The van der Waals surface area contributed by atoms with Gasteiger partial charge in [-0.3, -0.25) is 4.72 Å². The maximum atomic E-state index is 13.0. The molecule has 1 aromatic rings. The first-order valence-electron chi connectivity index (χ1n) is 3.58. The van der Waals surface area contributed by atoms with Crippen LogP contribution in [-0.4, -0.2) is 0 Å². The van der Waals surface area contributed by atoms with Crippen molar-refractivity contribution in [3.63, 3.8) is 0 Å². The largest absolute Gasteiger partial charge is 0.284 e. The summed E-state index contributed by atoms with van der Waals surface area (Å²) in [4.78, 5) is -1.05. The van der Waals surface area contributed by atoms with Gasteiger partial charge in [0.1, 0.15) is 4.90 Å². The number of hydrogen-bond acceptors (Lipinski definition) is 3. The van der Waals surface area contributed by atoms with Crippen LogP contribution in [0.15, 0.2) is 4.90 Å². The number of rotatable bonds is 2. The molecule has 1 aromatic carbocycles. The molecule has 0 unspecified atom stereocenters. The molecule has 0 bridgehead atoms. The molecule has 0 amide bonds. The molecule has 0 aromatic heterocycles. The summed E-state index contributed by atoms with van der Waals surface area (Å²) in [6, 6.07) is 2.06. The Labute approximate surface area is 97.0 Å². The molecule has 0 atom stereocenters. The van der Waals surface area contributed by atoms with E-state index in [1.165, 1.54) is 0 Å². The zero-order valence-electron chi connectivity index (χ0n) is 7.25. The molecule has 16 heavy (non-hydrogen) atoms. The third kappa shape index (κ3) is 2.36. The molecule has 8 heteroatoms. The average molecular weight is 271 g/mol. The maximum Gasteiger partial charge on any atom is 0.200 e. The zero-order valence-corrected chi connectivity index (χ0v) is 8.96. The van der Waals surface area contributed by atoms with Crippen LogP contribution in [0.3, 0.4) is 0 Å². The number of nitrogens with one attached hydrogen (secondary N) is 1. The summed E-state index contributed by atoms with van der Waals surface area (Å²) in [6.07, 6.45) is 0. The highest BCUT2D eigenvalue weighted by molar-refractivity contribution is 7.97. The van der Waals surface area contributed by atoms with Gasteiger partial charge in [0.2, 0.25) is 5.82 Å². The van der Waals surface area contributed by atoms with E-state index in [1.807, 2.05) is 5.25 Å². The van der Waals surface area contributed by atoms with Crippen molar-refractivity contribution in [1.82, 2.24) is 4.72 Å². The molecule has 0 aliphatic heterocycles. The highest BCUT2D eigenvalue weighted by atomic mass is 32.2. The minimum atomic E-state index is -2.19. The Morgan fingerprint density at radius 3 is 1.75 bits per heavy atom. The first-order chi connectivity index (χ1) is 7.50. The van der Waals surface area contributed by atoms with Crippen LogP contribution in [0.25, 0.3) is 0 Å². The van der Waals surface area contributed by atoms with Gasteiger partial charge in [-0.25, -0.2) is 22.0 Å². The summed E-state index contributed by atoms with van der Waals surface area (Å²) < 4.78 is 65.9. The predicted octanol–water partition coefficient (Wildman–Crippen LogP) is 2.83. The highest BCUT2D eigenvalue weighted by Crippen LogP contribution is 2.28. The number of thiol groups is 1. The molecule has 86 valence electrons. The van der Waals surface area contributed by atoms with Crippen LogP contribution in [0.5, 0.6) is 0 Å². The van der Waals surface area contributed by atoms with E-state index >= 15 is 0 Å². The third-order valence-electron chi connectivity index (χ3n) is 1.43. The first kappa shape index (κ1) is 13.0. The van der Waals surface area contributed by atoms with Gasteiger partial charge in [0.05, 0.1) is 0 Å². The minimum absolute atomic E-state index is 0.166. The van der Waals surface area contributed by atoms with Gasteiger partial charge in [0.15, 0.2) is 23.3 Å². The van der Waals surface area contributed by atoms with Crippen LogP contribution >= 0.6 is 24.6 Å². The molecule has 0 aliphatic rings. The summed E-state index contributed by atoms with van der Waals surface area (Å²) in [6.45, 7) is 0. The molecule has 0 heterocycles. The lowest BCUT2D eigenvalue weighted by Crippen LogP contribution is -2.05. The van der Waals surface area contributed by atoms with Gasteiger partial charge in [-0.15, -0.1) is 0 Å². The van der Waals surface area contributed by atoms with Gasteiger partial charge < -0.3 is 0 Å². The van der Waals surface area contributed by atoms with Crippen LogP contribution in [0, 0.1) is 40.4 Å². The van der Waals surface area contributed by atoms with Crippen molar-refractivity contribution in [3.8, 4) is 11.3 Å². The molecule has 1 nitrogen and oxygen atoms in total. The Morgan fingerprint density at radius 2 is 1.31 bits per heavy atom. The lowest BCUT2D eigenvalue weighted by molar-refractivity contribution is 0.361. The smallest absolute Gasteiger partial charge is 0.200 e. The van der Waals surface area contributed by atoms with E-state index in [0.717, 1.165) is 0 Å². The molecule has 0 saturated heterocycles. The number of hydrogen-bond donors (Lipinski definition) is 2. The Bertz CT molecular complexity index is 451. The third-order valence-corrected chi connectivity index (χ3v) is 2.31. The number of benzene rings is 1. The van der Waals surface area contributed by atoms with Crippen molar-refractivity contribution in [2.75, 3.05) is 0 Å². The SMILES string of the molecule is Fc1c(F)c(F)c(SNC#CS)c(F)c1F. The first-order valence-corrected chi connectivity index (χ1v) is 4.84. The molecular weight excluding hydrogens is 269 g/mol. The molecule has 0 spiro atoms. The summed E-state index contributed by atoms with van der Waals surface area (Å²) in [5.41, 5.74) is 0. The van der Waals surface area contributed by atoms with Gasteiger partial charge in [0, 0.05) is 6.04 Å². The van der Waals surface area contributed by atoms with Gasteiger partial charge in [-0.2, -0.15) is 0 Å². The fraction of sp³-hybridized carbons (Fsp3) is 0. The van der Waals surface area contributed by atoms with Gasteiger partial charge in [0.25, 0.3) is 0 Å². The lowest BCUT2D eigenvalue weighted by Gasteiger charge is -2.05. The second-order valence-corrected chi connectivity index (χ2v) is 3.38.